The van der Waals surface area contributed by atoms with E-state index in [1.807, 2.05) is 7.05 Å². The Bertz CT molecular complexity index is 299. The molecule has 86 valence electrons. The van der Waals surface area contributed by atoms with E-state index < -0.39 is 0 Å². The van der Waals surface area contributed by atoms with Gasteiger partial charge in [-0.15, -0.1) is 10.2 Å². The van der Waals surface area contributed by atoms with E-state index in [-0.39, 0.29) is 5.41 Å². The summed E-state index contributed by atoms with van der Waals surface area (Å²) >= 11 is 0. The zero-order chi connectivity index (χ0) is 11.5. The predicted octanol–water partition coefficient (Wildman–Crippen LogP) is 0.634. The highest BCUT2D eigenvalue weighted by Gasteiger charge is 2.25. The van der Waals surface area contributed by atoms with Crippen LogP contribution in [0.3, 0.4) is 0 Å². The van der Waals surface area contributed by atoms with Crippen molar-refractivity contribution >= 4 is 0 Å². The van der Waals surface area contributed by atoms with E-state index in [1.165, 1.54) is 4.80 Å². The highest BCUT2D eigenvalue weighted by Crippen LogP contribution is 2.27. The molecule has 0 aliphatic heterocycles. The fourth-order valence-corrected chi connectivity index (χ4v) is 1.56. The van der Waals surface area contributed by atoms with Gasteiger partial charge in [-0.25, -0.2) is 0 Å². The normalized spacial score (nSPS) is 14.2. The van der Waals surface area contributed by atoms with E-state index >= 15 is 0 Å². The van der Waals surface area contributed by atoms with Gasteiger partial charge in [0.2, 0.25) is 0 Å². The first-order valence-electron chi connectivity index (χ1n) is 5.31. The third kappa shape index (κ3) is 3.58. The van der Waals surface area contributed by atoms with Gasteiger partial charge in [-0.05, 0) is 30.1 Å². The van der Waals surface area contributed by atoms with Crippen LogP contribution in [0.1, 0.15) is 26.6 Å². The van der Waals surface area contributed by atoms with Gasteiger partial charge in [0.05, 0.1) is 7.05 Å². The van der Waals surface area contributed by atoms with Crippen LogP contribution < -0.4 is 5.32 Å². The monoisotopic (exact) mass is 211 g/mol. The molecule has 0 amide bonds. The van der Waals surface area contributed by atoms with Gasteiger partial charge in [-0.2, -0.15) is 4.80 Å². The van der Waals surface area contributed by atoms with Crippen LogP contribution in [-0.4, -0.2) is 33.8 Å². The smallest absolute Gasteiger partial charge is 0.175 e. The highest BCUT2D eigenvalue weighted by molar-refractivity contribution is 4.87. The van der Waals surface area contributed by atoms with Crippen molar-refractivity contribution in [3.05, 3.63) is 5.82 Å². The number of nitrogens with zero attached hydrogens (tertiary/aromatic N) is 4. The van der Waals surface area contributed by atoms with E-state index in [1.54, 1.807) is 7.05 Å². The second kappa shape index (κ2) is 4.70. The summed E-state index contributed by atoms with van der Waals surface area (Å²) in [6, 6.07) is 0. The van der Waals surface area contributed by atoms with Crippen LogP contribution in [0, 0.1) is 11.3 Å². The average molecular weight is 211 g/mol. The lowest BCUT2D eigenvalue weighted by molar-refractivity contribution is 0.231. The second-order valence-corrected chi connectivity index (χ2v) is 5.02. The molecular weight excluding hydrogens is 190 g/mol. The number of aromatic nitrogens is 4. The van der Waals surface area contributed by atoms with Crippen molar-refractivity contribution in [1.82, 2.24) is 25.5 Å². The van der Waals surface area contributed by atoms with Crippen molar-refractivity contribution in [3.8, 4) is 0 Å². The van der Waals surface area contributed by atoms with Crippen LogP contribution >= 0.6 is 0 Å². The van der Waals surface area contributed by atoms with Gasteiger partial charge in [-0.1, -0.05) is 20.8 Å². The maximum atomic E-state index is 4.21. The summed E-state index contributed by atoms with van der Waals surface area (Å²) in [5.41, 5.74) is 0.252. The number of rotatable bonds is 4. The van der Waals surface area contributed by atoms with Crippen molar-refractivity contribution in [2.75, 3.05) is 13.6 Å². The lowest BCUT2D eigenvalue weighted by atomic mass is 9.78. The first-order valence-corrected chi connectivity index (χ1v) is 5.31. The summed E-state index contributed by atoms with van der Waals surface area (Å²) in [7, 11) is 3.77. The van der Waals surface area contributed by atoms with Gasteiger partial charge in [0, 0.05) is 6.42 Å². The van der Waals surface area contributed by atoms with E-state index in [2.05, 4.69) is 41.5 Å². The predicted molar refractivity (Wildman–Crippen MR) is 59.4 cm³/mol. The van der Waals surface area contributed by atoms with Crippen LogP contribution in [0.2, 0.25) is 0 Å². The first kappa shape index (κ1) is 12.1. The van der Waals surface area contributed by atoms with Crippen molar-refractivity contribution in [1.29, 1.82) is 0 Å². The highest BCUT2D eigenvalue weighted by atomic mass is 15.6. The molecule has 0 aliphatic rings. The molecule has 0 bridgehead atoms. The SMILES string of the molecule is CNCC(Cc1nnn(C)n1)C(C)(C)C. The summed E-state index contributed by atoms with van der Waals surface area (Å²) < 4.78 is 0. The fraction of sp³-hybridized carbons (Fsp3) is 0.900. The van der Waals surface area contributed by atoms with E-state index in [0.717, 1.165) is 18.8 Å². The summed E-state index contributed by atoms with van der Waals surface area (Å²) in [6.45, 7) is 7.70. The van der Waals surface area contributed by atoms with E-state index in [0.29, 0.717) is 5.92 Å². The van der Waals surface area contributed by atoms with Crippen molar-refractivity contribution in [3.63, 3.8) is 0 Å². The molecule has 1 rings (SSSR count). The first-order chi connectivity index (χ1) is 6.93. The third-order valence-corrected chi connectivity index (χ3v) is 2.65. The molecule has 1 aromatic rings. The topological polar surface area (TPSA) is 55.6 Å². The molecule has 1 unspecified atom stereocenters. The van der Waals surface area contributed by atoms with Gasteiger partial charge in [0.1, 0.15) is 0 Å². The molecule has 1 N–H and O–H groups in total. The van der Waals surface area contributed by atoms with Gasteiger partial charge in [-0.3, -0.25) is 0 Å². The minimum absolute atomic E-state index is 0.252. The maximum Gasteiger partial charge on any atom is 0.175 e. The average Bonchev–Trinajstić information content (AvgIpc) is 2.49. The standard InChI is InChI=1S/C10H21N5/c1-10(2,3)8(7-11-4)6-9-12-14-15(5)13-9/h8,11H,6-7H2,1-5H3. The molecule has 1 atom stereocenters. The largest absolute Gasteiger partial charge is 0.319 e. The second-order valence-electron chi connectivity index (χ2n) is 5.02. The number of aryl methyl sites for hydroxylation is 1. The molecule has 1 heterocycles. The minimum atomic E-state index is 0.252. The zero-order valence-corrected chi connectivity index (χ0v) is 10.3. The summed E-state index contributed by atoms with van der Waals surface area (Å²) in [4.78, 5) is 1.51. The van der Waals surface area contributed by atoms with Crippen LogP contribution in [-0.2, 0) is 13.5 Å². The quantitative estimate of drug-likeness (QED) is 0.794. The Morgan fingerprint density at radius 2 is 2.07 bits per heavy atom. The summed E-state index contributed by atoms with van der Waals surface area (Å²) in [6.07, 6.45) is 0.873. The Hall–Kier alpha value is -0.970. The number of hydrogen-bond donors (Lipinski definition) is 1. The molecule has 0 aliphatic carbocycles. The van der Waals surface area contributed by atoms with Crippen molar-refractivity contribution in [2.45, 2.75) is 27.2 Å². The van der Waals surface area contributed by atoms with E-state index in [4.69, 9.17) is 0 Å². The van der Waals surface area contributed by atoms with Crippen LogP contribution in [0.4, 0.5) is 0 Å². The number of hydrogen-bond acceptors (Lipinski definition) is 4. The Kier molecular flexibility index (Phi) is 3.79. The Balaban J connectivity index is 2.66. The molecule has 0 saturated heterocycles. The maximum absolute atomic E-state index is 4.21. The molecule has 5 heteroatoms. The Morgan fingerprint density at radius 1 is 1.40 bits per heavy atom. The molecule has 0 aromatic carbocycles. The van der Waals surface area contributed by atoms with Gasteiger partial charge in [0.25, 0.3) is 0 Å². The summed E-state index contributed by atoms with van der Waals surface area (Å²) in [5, 5.41) is 15.3. The lowest BCUT2D eigenvalue weighted by Gasteiger charge is -2.29. The minimum Gasteiger partial charge on any atom is -0.319 e. The fourth-order valence-electron chi connectivity index (χ4n) is 1.56. The van der Waals surface area contributed by atoms with Crippen LogP contribution in [0.15, 0.2) is 0 Å². The molecule has 0 fully saturated rings. The van der Waals surface area contributed by atoms with Crippen LogP contribution in [0.5, 0.6) is 0 Å². The molecule has 1 aromatic heterocycles. The molecule has 15 heavy (non-hydrogen) atoms. The summed E-state index contributed by atoms with van der Waals surface area (Å²) in [5.74, 6) is 1.35. The molecule has 0 radical (unpaired) electrons. The zero-order valence-electron chi connectivity index (χ0n) is 10.3. The van der Waals surface area contributed by atoms with Gasteiger partial charge in [0.15, 0.2) is 5.82 Å². The van der Waals surface area contributed by atoms with Crippen LogP contribution in [0.25, 0.3) is 0 Å². The molecule has 5 nitrogen and oxygen atoms in total. The lowest BCUT2D eigenvalue weighted by Crippen LogP contribution is -2.32. The molecule has 0 saturated carbocycles. The third-order valence-electron chi connectivity index (χ3n) is 2.65. The van der Waals surface area contributed by atoms with Crippen molar-refractivity contribution in [2.24, 2.45) is 18.4 Å². The van der Waals surface area contributed by atoms with Gasteiger partial charge >= 0.3 is 0 Å². The number of nitrogens with one attached hydrogen (secondary N) is 1. The van der Waals surface area contributed by atoms with Gasteiger partial charge < -0.3 is 5.32 Å². The Labute approximate surface area is 91.2 Å². The Morgan fingerprint density at radius 3 is 2.47 bits per heavy atom. The van der Waals surface area contributed by atoms with E-state index in [9.17, 15) is 0 Å². The number of tetrazole rings is 1. The van der Waals surface area contributed by atoms with Crippen molar-refractivity contribution < 1.29 is 0 Å². The molecule has 0 spiro atoms. The molecular formula is C10H21N5.